The highest BCUT2D eigenvalue weighted by Crippen LogP contribution is 2.25. The van der Waals surface area contributed by atoms with Gasteiger partial charge >= 0.3 is 5.97 Å². The lowest BCUT2D eigenvalue weighted by Gasteiger charge is -1.96. The molecule has 1 atom stereocenters. The molecule has 0 aliphatic rings. The second kappa shape index (κ2) is 3.00. The predicted octanol–water partition coefficient (Wildman–Crippen LogP) is 2.15. The van der Waals surface area contributed by atoms with Gasteiger partial charge in [0.15, 0.2) is 0 Å². The second-order valence-corrected chi connectivity index (χ2v) is 3.47. The lowest BCUT2D eigenvalue weighted by atomic mass is 10.3. The lowest BCUT2D eigenvalue weighted by molar-refractivity contribution is -0.142. The number of carboxylic acids is 1. The Balaban J connectivity index is 2.84. The maximum Gasteiger partial charge on any atom is 0.343 e. The van der Waals surface area contributed by atoms with Crippen LogP contribution in [0.3, 0.4) is 0 Å². The number of carbonyl (C=O) groups is 1. The highest BCUT2D eigenvalue weighted by molar-refractivity contribution is 7.12. The third kappa shape index (κ3) is 1.77. The summed E-state index contributed by atoms with van der Waals surface area (Å²) < 4.78 is 12.7. The second-order valence-electron chi connectivity index (χ2n) is 2.15. The Kier molecular flexibility index (Phi) is 2.24. The van der Waals surface area contributed by atoms with E-state index in [1.165, 1.54) is 17.4 Å². The molecule has 1 N–H and O–H groups in total. The fourth-order valence-corrected chi connectivity index (χ4v) is 1.56. The van der Waals surface area contributed by atoms with E-state index < -0.39 is 12.1 Å². The summed E-state index contributed by atoms with van der Waals surface area (Å²) in [5.74, 6) is -1.42. The molecule has 0 aliphatic heterocycles. The highest BCUT2D eigenvalue weighted by atomic mass is 32.1. The number of aryl methyl sites for hydroxylation is 1. The van der Waals surface area contributed by atoms with Crippen molar-refractivity contribution in [2.75, 3.05) is 0 Å². The van der Waals surface area contributed by atoms with Crippen LogP contribution in [0.25, 0.3) is 0 Å². The van der Waals surface area contributed by atoms with E-state index in [1.807, 2.05) is 6.92 Å². The van der Waals surface area contributed by atoms with Gasteiger partial charge in [0.05, 0.1) is 4.88 Å². The number of alkyl halides is 1. The van der Waals surface area contributed by atoms with Crippen LogP contribution in [0, 0.1) is 6.92 Å². The number of thiophene rings is 1. The molecule has 0 saturated carbocycles. The van der Waals surface area contributed by atoms with Gasteiger partial charge in [-0.2, -0.15) is 0 Å². The molecule has 0 fully saturated rings. The molecule has 4 heteroatoms. The first kappa shape index (κ1) is 8.20. The molecule has 1 unspecified atom stereocenters. The molecule has 60 valence electrons. The third-order valence-corrected chi connectivity index (χ3v) is 2.26. The monoisotopic (exact) mass is 174 g/mol. The van der Waals surface area contributed by atoms with Crippen LogP contribution in [-0.2, 0) is 4.79 Å². The SMILES string of the molecule is Cc1ccc(C(F)C(=O)O)s1. The largest absolute Gasteiger partial charge is 0.479 e. The Bertz CT molecular complexity index is 269. The molecule has 0 saturated heterocycles. The average Bonchev–Trinajstić information content (AvgIpc) is 2.34. The van der Waals surface area contributed by atoms with Crippen molar-refractivity contribution in [2.45, 2.75) is 13.1 Å². The lowest BCUT2D eigenvalue weighted by Crippen LogP contribution is -2.03. The summed E-state index contributed by atoms with van der Waals surface area (Å²) in [6, 6.07) is 3.20. The van der Waals surface area contributed by atoms with Gasteiger partial charge in [-0.1, -0.05) is 0 Å². The Morgan fingerprint density at radius 2 is 2.36 bits per heavy atom. The predicted molar refractivity (Wildman–Crippen MR) is 40.5 cm³/mol. The van der Waals surface area contributed by atoms with Gasteiger partial charge in [0.2, 0.25) is 6.17 Å². The first-order valence-electron chi connectivity index (χ1n) is 3.04. The van der Waals surface area contributed by atoms with E-state index in [0.29, 0.717) is 0 Å². The van der Waals surface area contributed by atoms with Crippen molar-refractivity contribution in [3.8, 4) is 0 Å². The minimum absolute atomic E-state index is 0.259. The smallest absolute Gasteiger partial charge is 0.343 e. The summed E-state index contributed by atoms with van der Waals surface area (Å²) in [6.45, 7) is 1.81. The molecule has 0 radical (unpaired) electrons. The summed E-state index contributed by atoms with van der Waals surface area (Å²) in [7, 11) is 0. The number of hydrogen-bond donors (Lipinski definition) is 1. The zero-order valence-electron chi connectivity index (χ0n) is 5.87. The van der Waals surface area contributed by atoms with Crippen LogP contribution in [-0.4, -0.2) is 11.1 Å². The molecule has 11 heavy (non-hydrogen) atoms. The fraction of sp³-hybridized carbons (Fsp3) is 0.286. The van der Waals surface area contributed by atoms with Gasteiger partial charge in [0, 0.05) is 4.88 Å². The van der Waals surface area contributed by atoms with E-state index in [-0.39, 0.29) is 4.88 Å². The number of halogens is 1. The average molecular weight is 174 g/mol. The van der Waals surface area contributed by atoms with Crippen molar-refractivity contribution in [1.29, 1.82) is 0 Å². The maximum absolute atomic E-state index is 12.7. The molecule has 1 aromatic rings. The zero-order valence-corrected chi connectivity index (χ0v) is 6.69. The van der Waals surface area contributed by atoms with Crippen LogP contribution in [0.4, 0.5) is 4.39 Å². The molecule has 1 heterocycles. The molecular weight excluding hydrogens is 167 g/mol. The summed E-state index contributed by atoms with van der Waals surface area (Å²) in [6.07, 6.45) is -1.87. The number of hydrogen-bond acceptors (Lipinski definition) is 2. The van der Waals surface area contributed by atoms with Gasteiger partial charge in [-0.05, 0) is 19.1 Å². The standard InChI is InChI=1S/C7H7FO2S/c1-4-2-3-5(11-4)6(8)7(9)10/h2-3,6H,1H3,(H,9,10). The van der Waals surface area contributed by atoms with E-state index in [4.69, 9.17) is 5.11 Å². The molecule has 0 spiro atoms. The Morgan fingerprint density at radius 1 is 1.73 bits per heavy atom. The van der Waals surface area contributed by atoms with Crippen molar-refractivity contribution >= 4 is 17.3 Å². The van der Waals surface area contributed by atoms with Crippen LogP contribution in [0.1, 0.15) is 15.9 Å². The van der Waals surface area contributed by atoms with Gasteiger partial charge in [-0.15, -0.1) is 11.3 Å². The minimum Gasteiger partial charge on any atom is -0.479 e. The van der Waals surface area contributed by atoms with E-state index in [9.17, 15) is 9.18 Å². The van der Waals surface area contributed by atoms with Crippen molar-refractivity contribution in [2.24, 2.45) is 0 Å². The van der Waals surface area contributed by atoms with Crippen molar-refractivity contribution in [3.05, 3.63) is 21.9 Å². The molecule has 0 aromatic carbocycles. The van der Waals surface area contributed by atoms with E-state index >= 15 is 0 Å². The molecular formula is C7H7FO2S. The minimum atomic E-state index is -1.87. The molecule has 1 aromatic heterocycles. The highest BCUT2D eigenvalue weighted by Gasteiger charge is 2.19. The molecule has 2 nitrogen and oxygen atoms in total. The van der Waals surface area contributed by atoms with Crippen molar-refractivity contribution in [1.82, 2.24) is 0 Å². The van der Waals surface area contributed by atoms with Gasteiger partial charge < -0.3 is 5.11 Å². The summed E-state index contributed by atoms with van der Waals surface area (Å²) in [5.41, 5.74) is 0. The maximum atomic E-state index is 12.7. The molecule has 1 rings (SSSR count). The number of rotatable bonds is 2. The van der Waals surface area contributed by atoms with Crippen LogP contribution in [0.2, 0.25) is 0 Å². The van der Waals surface area contributed by atoms with Crippen molar-refractivity contribution < 1.29 is 14.3 Å². The number of aliphatic carboxylic acids is 1. The Morgan fingerprint density at radius 3 is 2.73 bits per heavy atom. The third-order valence-electron chi connectivity index (χ3n) is 1.23. The molecule has 0 aliphatic carbocycles. The van der Waals surface area contributed by atoms with E-state index in [2.05, 4.69) is 0 Å². The van der Waals surface area contributed by atoms with Crippen molar-refractivity contribution in [3.63, 3.8) is 0 Å². The van der Waals surface area contributed by atoms with Gasteiger partial charge in [0.1, 0.15) is 0 Å². The molecule has 0 amide bonds. The summed E-state index contributed by atoms with van der Waals surface area (Å²) in [4.78, 5) is 11.3. The summed E-state index contributed by atoms with van der Waals surface area (Å²) >= 11 is 1.17. The topological polar surface area (TPSA) is 37.3 Å². The Hall–Kier alpha value is -0.900. The normalized spacial score (nSPS) is 12.9. The summed E-state index contributed by atoms with van der Waals surface area (Å²) in [5, 5.41) is 8.28. The van der Waals surface area contributed by atoms with Gasteiger partial charge in [-0.3, -0.25) is 0 Å². The fourth-order valence-electron chi connectivity index (χ4n) is 0.711. The Labute approximate surface area is 67.3 Å². The van der Waals surface area contributed by atoms with Crippen LogP contribution < -0.4 is 0 Å². The van der Waals surface area contributed by atoms with Crippen LogP contribution in [0.15, 0.2) is 12.1 Å². The van der Waals surface area contributed by atoms with E-state index in [0.717, 1.165) is 4.88 Å². The van der Waals surface area contributed by atoms with Crippen LogP contribution in [0.5, 0.6) is 0 Å². The van der Waals surface area contributed by atoms with Gasteiger partial charge in [-0.25, -0.2) is 9.18 Å². The van der Waals surface area contributed by atoms with Crippen LogP contribution >= 0.6 is 11.3 Å². The number of carboxylic acid groups (broad SMARTS) is 1. The van der Waals surface area contributed by atoms with Gasteiger partial charge in [0.25, 0.3) is 0 Å². The first-order chi connectivity index (χ1) is 5.11. The zero-order chi connectivity index (χ0) is 8.43. The van der Waals surface area contributed by atoms with E-state index in [1.54, 1.807) is 6.07 Å². The first-order valence-corrected chi connectivity index (χ1v) is 3.86. The molecule has 0 bridgehead atoms. The quantitative estimate of drug-likeness (QED) is 0.745.